The summed E-state index contributed by atoms with van der Waals surface area (Å²) in [5.74, 6) is -0.897. The number of nitrogens with zero attached hydrogens (tertiary/aromatic N) is 3. The number of ether oxygens (including phenoxy) is 1. The summed E-state index contributed by atoms with van der Waals surface area (Å²) in [5, 5.41) is 6.42. The van der Waals surface area contributed by atoms with Crippen molar-refractivity contribution in [2.45, 2.75) is 0 Å². The minimum atomic E-state index is -0.507. The molecule has 2 rings (SSSR count). The van der Waals surface area contributed by atoms with Gasteiger partial charge >= 0.3 is 5.97 Å². The fourth-order valence-corrected chi connectivity index (χ4v) is 1.33. The molecule has 0 radical (unpaired) electrons. The molecule has 0 atom stereocenters. The fraction of sp³-hybridized carbons (Fsp3) is 0.200. The lowest BCUT2D eigenvalue weighted by molar-refractivity contribution is -0.139. The summed E-state index contributed by atoms with van der Waals surface area (Å²) in [7, 11) is 1.26. The standard InChI is InChI=1S/C10H10N4O3/c1-17-9(15)6-12-10(16)7-4-13-14-3-2-11-5-8(7)14/h2-5H,6H2,1H3,(H,12,16). The number of hydrogen-bond acceptors (Lipinski definition) is 5. The molecule has 0 saturated carbocycles. The molecule has 7 nitrogen and oxygen atoms in total. The van der Waals surface area contributed by atoms with Gasteiger partial charge in [0.05, 0.1) is 30.6 Å². The molecule has 1 amide bonds. The molecule has 17 heavy (non-hydrogen) atoms. The van der Waals surface area contributed by atoms with Gasteiger partial charge in [-0.25, -0.2) is 4.52 Å². The summed E-state index contributed by atoms with van der Waals surface area (Å²) in [6, 6.07) is 0. The summed E-state index contributed by atoms with van der Waals surface area (Å²) in [4.78, 5) is 26.5. The molecule has 0 aliphatic rings. The van der Waals surface area contributed by atoms with E-state index in [4.69, 9.17) is 0 Å². The molecule has 88 valence electrons. The molecule has 0 aliphatic carbocycles. The second kappa shape index (κ2) is 4.60. The van der Waals surface area contributed by atoms with Gasteiger partial charge < -0.3 is 10.1 Å². The smallest absolute Gasteiger partial charge is 0.325 e. The first-order valence-corrected chi connectivity index (χ1v) is 4.84. The van der Waals surface area contributed by atoms with Crippen LogP contribution < -0.4 is 5.32 Å². The van der Waals surface area contributed by atoms with Gasteiger partial charge in [-0.1, -0.05) is 0 Å². The Labute approximate surface area is 96.4 Å². The predicted octanol–water partition coefficient (Wildman–Crippen LogP) is -0.368. The van der Waals surface area contributed by atoms with Gasteiger partial charge in [-0.15, -0.1) is 0 Å². The van der Waals surface area contributed by atoms with Crippen LogP contribution in [0.25, 0.3) is 5.52 Å². The highest BCUT2D eigenvalue weighted by molar-refractivity contribution is 6.01. The van der Waals surface area contributed by atoms with E-state index in [0.29, 0.717) is 11.1 Å². The average Bonchev–Trinajstić information content (AvgIpc) is 2.79. The Morgan fingerprint density at radius 2 is 2.29 bits per heavy atom. The predicted molar refractivity (Wildman–Crippen MR) is 57.3 cm³/mol. The lowest BCUT2D eigenvalue weighted by Gasteiger charge is -2.01. The Morgan fingerprint density at radius 1 is 1.47 bits per heavy atom. The van der Waals surface area contributed by atoms with Gasteiger partial charge in [0.25, 0.3) is 5.91 Å². The largest absolute Gasteiger partial charge is 0.468 e. The molecule has 0 bridgehead atoms. The van der Waals surface area contributed by atoms with Crippen LogP contribution in [-0.2, 0) is 9.53 Å². The third-order valence-electron chi connectivity index (χ3n) is 2.19. The molecule has 0 saturated heterocycles. The third kappa shape index (κ3) is 2.22. The quantitative estimate of drug-likeness (QED) is 0.732. The van der Waals surface area contributed by atoms with Gasteiger partial charge in [0.2, 0.25) is 0 Å². The lowest BCUT2D eigenvalue weighted by atomic mass is 10.3. The van der Waals surface area contributed by atoms with Crippen molar-refractivity contribution >= 4 is 17.4 Å². The highest BCUT2D eigenvalue weighted by Crippen LogP contribution is 2.07. The van der Waals surface area contributed by atoms with Crippen molar-refractivity contribution in [1.29, 1.82) is 0 Å². The first-order chi connectivity index (χ1) is 8.22. The van der Waals surface area contributed by atoms with Crippen LogP contribution in [0.15, 0.2) is 24.8 Å². The normalized spacial score (nSPS) is 10.2. The second-order valence-corrected chi connectivity index (χ2v) is 3.22. The van der Waals surface area contributed by atoms with Crippen molar-refractivity contribution in [1.82, 2.24) is 19.9 Å². The zero-order chi connectivity index (χ0) is 12.3. The maximum Gasteiger partial charge on any atom is 0.325 e. The SMILES string of the molecule is COC(=O)CNC(=O)c1cnn2ccncc12. The molecular weight excluding hydrogens is 224 g/mol. The van der Waals surface area contributed by atoms with E-state index in [-0.39, 0.29) is 6.54 Å². The average molecular weight is 234 g/mol. The molecule has 0 aliphatic heterocycles. The van der Waals surface area contributed by atoms with Crippen LogP contribution in [0.2, 0.25) is 0 Å². The van der Waals surface area contributed by atoms with Crippen LogP contribution in [0.5, 0.6) is 0 Å². The van der Waals surface area contributed by atoms with E-state index in [0.717, 1.165) is 0 Å². The Kier molecular flexibility index (Phi) is 2.99. The molecule has 7 heteroatoms. The summed E-state index contributed by atoms with van der Waals surface area (Å²) >= 11 is 0. The van der Waals surface area contributed by atoms with Crippen LogP contribution in [0.3, 0.4) is 0 Å². The number of aromatic nitrogens is 3. The maximum atomic E-state index is 11.7. The van der Waals surface area contributed by atoms with Crippen molar-refractivity contribution in [3.05, 3.63) is 30.4 Å². The molecule has 1 N–H and O–H groups in total. The Bertz CT molecular complexity index is 563. The van der Waals surface area contributed by atoms with Crippen molar-refractivity contribution in [3.63, 3.8) is 0 Å². The van der Waals surface area contributed by atoms with E-state index in [9.17, 15) is 9.59 Å². The number of carbonyl (C=O) groups excluding carboxylic acids is 2. The summed E-state index contributed by atoms with van der Waals surface area (Å²) in [6.45, 7) is -0.174. The molecule has 2 aromatic rings. The zero-order valence-corrected chi connectivity index (χ0v) is 9.08. The summed E-state index contributed by atoms with van der Waals surface area (Å²) in [6.07, 6.45) is 6.15. The molecule has 0 aromatic carbocycles. The van der Waals surface area contributed by atoms with Crippen molar-refractivity contribution < 1.29 is 14.3 Å². The number of rotatable bonds is 3. The highest BCUT2D eigenvalue weighted by atomic mass is 16.5. The maximum absolute atomic E-state index is 11.7. The fourth-order valence-electron chi connectivity index (χ4n) is 1.33. The molecule has 2 heterocycles. The number of methoxy groups -OCH3 is 1. The van der Waals surface area contributed by atoms with Gasteiger partial charge in [-0.2, -0.15) is 5.10 Å². The van der Waals surface area contributed by atoms with E-state index >= 15 is 0 Å². The van der Waals surface area contributed by atoms with E-state index in [1.165, 1.54) is 24.0 Å². The zero-order valence-electron chi connectivity index (χ0n) is 9.08. The van der Waals surface area contributed by atoms with Crippen LogP contribution >= 0.6 is 0 Å². The van der Waals surface area contributed by atoms with Crippen LogP contribution in [0.1, 0.15) is 10.4 Å². The number of esters is 1. The van der Waals surface area contributed by atoms with Crippen LogP contribution in [0.4, 0.5) is 0 Å². The van der Waals surface area contributed by atoms with Crippen molar-refractivity contribution in [3.8, 4) is 0 Å². The molecule has 0 fully saturated rings. The van der Waals surface area contributed by atoms with Crippen molar-refractivity contribution in [2.24, 2.45) is 0 Å². The Balaban J connectivity index is 2.17. The topological polar surface area (TPSA) is 85.6 Å². The molecule has 0 spiro atoms. The highest BCUT2D eigenvalue weighted by Gasteiger charge is 2.13. The summed E-state index contributed by atoms with van der Waals surface area (Å²) < 4.78 is 5.95. The van der Waals surface area contributed by atoms with Crippen LogP contribution in [0, 0.1) is 0 Å². The Morgan fingerprint density at radius 3 is 3.06 bits per heavy atom. The third-order valence-corrected chi connectivity index (χ3v) is 2.19. The molecular formula is C10H10N4O3. The van der Waals surface area contributed by atoms with Gasteiger partial charge in [0.1, 0.15) is 6.54 Å². The minimum absolute atomic E-state index is 0.174. The number of fused-ring (bicyclic) bond motifs is 1. The number of nitrogens with one attached hydrogen (secondary N) is 1. The van der Waals surface area contributed by atoms with Crippen LogP contribution in [-0.4, -0.2) is 40.1 Å². The lowest BCUT2D eigenvalue weighted by Crippen LogP contribution is -2.30. The molecule has 0 unspecified atom stereocenters. The first kappa shape index (κ1) is 11.1. The Hall–Kier alpha value is -2.44. The number of hydrogen-bond donors (Lipinski definition) is 1. The van der Waals surface area contributed by atoms with E-state index in [1.54, 1.807) is 12.4 Å². The minimum Gasteiger partial charge on any atom is -0.468 e. The van der Waals surface area contributed by atoms with Gasteiger partial charge in [-0.05, 0) is 0 Å². The van der Waals surface area contributed by atoms with Gasteiger partial charge in [-0.3, -0.25) is 14.6 Å². The first-order valence-electron chi connectivity index (χ1n) is 4.84. The van der Waals surface area contributed by atoms with Crippen molar-refractivity contribution in [2.75, 3.05) is 13.7 Å². The van der Waals surface area contributed by atoms with E-state index in [2.05, 4.69) is 20.1 Å². The number of amides is 1. The second-order valence-electron chi connectivity index (χ2n) is 3.22. The van der Waals surface area contributed by atoms with Gasteiger partial charge in [0.15, 0.2) is 0 Å². The number of carbonyl (C=O) groups is 2. The van der Waals surface area contributed by atoms with E-state index in [1.807, 2.05) is 0 Å². The summed E-state index contributed by atoms with van der Waals surface area (Å²) in [5.41, 5.74) is 0.942. The van der Waals surface area contributed by atoms with E-state index < -0.39 is 11.9 Å². The molecule has 2 aromatic heterocycles. The monoisotopic (exact) mass is 234 g/mol. The van der Waals surface area contributed by atoms with Gasteiger partial charge in [0, 0.05) is 12.4 Å².